The van der Waals surface area contributed by atoms with E-state index in [1.165, 1.54) is 38.3 Å². The number of rotatable bonds is 1. The molecule has 6 heteroatoms. The van der Waals surface area contributed by atoms with Crippen LogP contribution in [0.15, 0.2) is 6.20 Å². The Morgan fingerprint density at radius 3 is 2.90 bits per heavy atom. The van der Waals surface area contributed by atoms with E-state index in [1.54, 1.807) is 6.92 Å². The molecule has 4 nitrogen and oxygen atoms in total. The first-order chi connectivity index (χ1) is 10.1. The number of aryl methyl sites for hydroxylation is 1. The van der Waals surface area contributed by atoms with Crippen molar-refractivity contribution < 1.29 is 4.79 Å². The van der Waals surface area contributed by atoms with E-state index in [4.69, 9.17) is 11.6 Å². The fourth-order valence-corrected chi connectivity index (χ4v) is 5.01. The molecule has 2 aliphatic rings. The van der Waals surface area contributed by atoms with Crippen LogP contribution in [0, 0.1) is 6.92 Å². The number of hydrogen-bond acceptors (Lipinski definition) is 4. The normalized spacial score (nSPS) is 21.5. The third-order valence-electron chi connectivity index (χ3n) is 4.37. The van der Waals surface area contributed by atoms with Crippen LogP contribution in [-0.4, -0.2) is 44.4 Å². The summed E-state index contributed by atoms with van der Waals surface area (Å²) >= 11 is 8.16. The lowest BCUT2D eigenvalue weighted by Crippen LogP contribution is -2.50. The maximum atomic E-state index is 12.7. The fraction of sp³-hybridized carbons (Fsp3) is 0.667. The minimum absolute atomic E-state index is 0.0456. The zero-order valence-corrected chi connectivity index (χ0v) is 13.8. The highest BCUT2D eigenvalue weighted by Gasteiger charge is 2.39. The van der Waals surface area contributed by atoms with Crippen LogP contribution in [0.5, 0.6) is 0 Å². The summed E-state index contributed by atoms with van der Waals surface area (Å²) in [6.07, 6.45) is 7.85. The van der Waals surface area contributed by atoms with Gasteiger partial charge in [0.1, 0.15) is 5.82 Å². The molecule has 0 aromatic carbocycles. The summed E-state index contributed by atoms with van der Waals surface area (Å²) in [7, 11) is 0. The number of carbonyl (C=O) groups excluding carboxylic acids is 1. The van der Waals surface area contributed by atoms with Crippen molar-refractivity contribution in [3.05, 3.63) is 22.7 Å². The summed E-state index contributed by atoms with van der Waals surface area (Å²) in [5.41, 5.74) is 0.349. The molecule has 21 heavy (non-hydrogen) atoms. The van der Waals surface area contributed by atoms with E-state index < -0.39 is 0 Å². The van der Waals surface area contributed by atoms with Crippen molar-refractivity contribution in [2.45, 2.75) is 43.8 Å². The van der Waals surface area contributed by atoms with E-state index >= 15 is 0 Å². The van der Waals surface area contributed by atoms with Gasteiger partial charge in [-0.05, 0) is 19.8 Å². The molecular formula is C15H20ClN3OS. The van der Waals surface area contributed by atoms with Crippen LogP contribution < -0.4 is 0 Å². The lowest BCUT2D eigenvalue weighted by molar-refractivity contribution is 0.0724. The van der Waals surface area contributed by atoms with Crippen molar-refractivity contribution in [1.82, 2.24) is 14.9 Å². The van der Waals surface area contributed by atoms with Gasteiger partial charge in [0.15, 0.2) is 5.69 Å². The second-order valence-corrected chi connectivity index (χ2v) is 7.90. The average Bonchev–Trinajstić information content (AvgIpc) is 2.50. The van der Waals surface area contributed by atoms with Gasteiger partial charge < -0.3 is 4.90 Å². The number of hydrogen-bond donors (Lipinski definition) is 0. The number of nitrogens with zero attached hydrogens (tertiary/aromatic N) is 3. The van der Waals surface area contributed by atoms with Gasteiger partial charge in [0.05, 0.1) is 11.2 Å². The zero-order chi connectivity index (χ0) is 14.9. The van der Waals surface area contributed by atoms with Crippen LogP contribution in [0.3, 0.4) is 0 Å². The third kappa shape index (κ3) is 3.19. The molecule has 1 aliphatic carbocycles. The highest BCUT2D eigenvalue weighted by molar-refractivity contribution is 8.00. The van der Waals surface area contributed by atoms with Gasteiger partial charge in [-0.2, -0.15) is 11.8 Å². The third-order valence-corrected chi connectivity index (χ3v) is 6.18. The minimum Gasteiger partial charge on any atom is -0.335 e. The molecule has 1 saturated carbocycles. The molecule has 0 atom stereocenters. The molecule has 1 aromatic heterocycles. The molecule has 0 bridgehead atoms. The lowest BCUT2D eigenvalue weighted by atomic mass is 9.87. The van der Waals surface area contributed by atoms with Crippen molar-refractivity contribution in [3.8, 4) is 0 Å². The Bertz CT molecular complexity index is 540. The SMILES string of the molecule is Cc1ncc(Cl)c(C(=O)N2CCSC3(CCCCC3)C2)n1. The molecule has 1 aromatic rings. The van der Waals surface area contributed by atoms with Crippen LogP contribution in [0.1, 0.15) is 48.4 Å². The molecule has 3 rings (SSSR count). The summed E-state index contributed by atoms with van der Waals surface area (Å²) in [5.74, 6) is 1.55. The summed E-state index contributed by atoms with van der Waals surface area (Å²) in [6.45, 7) is 3.39. The van der Waals surface area contributed by atoms with E-state index in [2.05, 4.69) is 21.7 Å². The lowest BCUT2D eigenvalue weighted by Gasteiger charge is -2.44. The van der Waals surface area contributed by atoms with Crippen molar-refractivity contribution in [2.24, 2.45) is 0 Å². The van der Waals surface area contributed by atoms with Gasteiger partial charge in [-0.15, -0.1) is 0 Å². The molecule has 0 unspecified atom stereocenters. The fourth-order valence-electron chi connectivity index (χ4n) is 3.27. The monoisotopic (exact) mass is 325 g/mol. The molecule has 1 amide bonds. The van der Waals surface area contributed by atoms with Crippen molar-refractivity contribution in [2.75, 3.05) is 18.8 Å². The van der Waals surface area contributed by atoms with Gasteiger partial charge in [0.25, 0.3) is 5.91 Å². The van der Waals surface area contributed by atoms with Crippen LogP contribution in [0.2, 0.25) is 5.02 Å². The van der Waals surface area contributed by atoms with Crippen molar-refractivity contribution in [1.29, 1.82) is 0 Å². The first kappa shape index (κ1) is 15.1. The topological polar surface area (TPSA) is 46.1 Å². The summed E-state index contributed by atoms with van der Waals surface area (Å²) in [5, 5.41) is 0.349. The van der Waals surface area contributed by atoms with E-state index in [0.29, 0.717) is 16.5 Å². The van der Waals surface area contributed by atoms with Crippen molar-refractivity contribution >= 4 is 29.3 Å². The largest absolute Gasteiger partial charge is 0.335 e. The maximum Gasteiger partial charge on any atom is 0.274 e. The van der Waals surface area contributed by atoms with Gasteiger partial charge in [0, 0.05) is 23.6 Å². The molecule has 2 heterocycles. The molecule has 1 saturated heterocycles. The quantitative estimate of drug-likeness (QED) is 0.794. The van der Waals surface area contributed by atoms with Crippen LogP contribution in [0.4, 0.5) is 0 Å². The van der Waals surface area contributed by atoms with Gasteiger partial charge in [-0.3, -0.25) is 4.79 Å². The highest BCUT2D eigenvalue weighted by atomic mass is 35.5. The summed E-state index contributed by atoms with van der Waals surface area (Å²) in [6, 6.07) is 0. The van der Waals surface area contributed by atoms with E-state index in [-0.39, 0.29) is 10.7 Å². The molecule has 0 radical (unpaired) electrons. The Kier molecular flexibility index (Phi) is 4.41. The van der Waals surface area contributed by atoms with E-state index in [1.807, 2.05) is 4.90 Å². The second-order valence-electron chi connectivity index (χ2n) is 5.93. The summed E-state index contributed by atoms with van der Waals surface area (Å²) < 4.78 is 0.265. The van der Waals surface area contributed by atoms with E-state index in [9.17, 15) is 4.79 Å². The Labute approximate surface area is 134 Å². The van der Waals surface area contributed by atoms with Gasteiger partial charge in [0.2, 0.25) is 0 Å². The smallest absolute Gasteiger partial charge is 0.274 e. The second kappa shape index (κ2) is 6.13. The zero-order valence-electron chi connectivity index (χ0n) is 12.3. The molecule has 1 aliphatic heterocycles. The van der Waals surface area contributed by atoms with E-state index in [0.717, 1.165) is 18.8 Å². The molecule has 2 fully saturated rings. The minimum atomic E-state index is -0.0456. The van der Waals surface area contributed by atoms with Gasteiger partial charge in [-0.1, -0.05) is 30.9 Å². The number of aromatic nitrogens is 2. The Morgan fingerprint density at radius 1 is 1.38 bits per heavy atom. The molecule has 0 N–H and O–H groups in total. The maximum absolute atomic E-state index is 12.7. The number of thioether (sulfide) groups is 1. The Hall–Kier alpha value is -0.810. The first-order valence-corrected chi connectivity index (χ1v) is 8.88. The van der Waals surface area contributed by atoms with Crippen LogP contribution >= 0.6 is 23.4 Å². The van der Waals surface area contributed by atoms with Gasteiger partial charge >= 0.3 is 0 Å². The van der Waals surface area contributed by atoms with Crippen molar-refractivity contribution in [3.63, 3.8) is 0 Å². The molecule has 114 valence electrons. The predicted octanol–water partition coefficient (Wildman–Crippen LogP) is 3.33. The standard InChI is InChI=1S/C15H20ClN3OS/c1-11-17-9-12(16)13(18-11)14(20)19-7-8-21-15(10-19)5-3-2-4-6-15/h9H,2-8,10H2,1H3. The molecular weight excluding hydrogens is 306 g/mol. The van der Waals surface area contributed by atoms with Crippen LogP contribution in [0.25, 0.3) is 0 Å². The average molecular weight is 326 g/mol. The summed E-state index contributed by atoms with van der Waals surface area (Å²) in [4.78, 5) is 23.0. The Morgan fingerprint density at radius 2 is 2.14 bits per heavy atom. The van der Waals surface area contributed by atoms with Crippen LogP contribution in [-0.2, 0) is 0 Å². The Balaban J connectivity index is 1.79. The number of amides is 1. The number of halogens is 1. The predicted molar refractivity (Wildman–Crippen MR) is 86.0 cm³/mol. The molecule has 1 spiro atoms. The number of carbonyl (C=O) groups is 1. The first-order valence-electron chi connectivity index (χ1n) is 7.52. The highest BCUT2D eigenvalue weighted by Crippen LogP contribution is 2.43. The van der Waals surface area contributed by atoms with Gasteiger partial charge in [-0.25, -0.2) is 9.97 Å².